The monoisotopic (exact) mass is 327 g/mol. The van der Waals surface area contributed by atoms with E-state index in [0.717, 1.165) is 13.1 Å². The molecule has 0 atom stereocenters. The molecular formula is C22H21N3+2. The summed E-state index contributed by atoms with van der Waals surface area (Å²) in [7, 11) is 0. The molecule has 0 bridgehead atoms. The zero-order valence-electron chi connectivity index (χ0n) is 15.1. The molecule has 0 N–H and O–H groups in total. The Balaban J connectivity index is 1.95. The molecule has 1 aromatic carbocycles. The van der Waals surface area contributed by atoms with Gasteiger partial charge in [-0.25, -0.2) is 4.57 Å². The molecule has 3 nitrogen and oxygen atoms in total. The Labute approximate surface area is 146 Å². The number of imidazole rings is 1. The Morgan fingerprint density at radius 3 is 2.40 bits per heavy atom. The van der Waals surface area contributed by atoms with Crippen molar-refractivity contribution in [3.63, 3.8) is 0 Å². The van der Waals surface area contributed by atoms with E-state index in [0.29, 0.717) is 0 Å². The average molecular weight is 327 g/mol. The lowest BCUT2D eigenvalue weighted by atomic mass is 9.61. The maximum atomic E-state index is 2.60. The quantitative estimate of drug-likeness (QED) is 0.300. The van der Waals surface area contributed by atoms with Gasteiger partial charge in [0.25, 0.3) is 11.2 Å². The van der Waals surface area contributed by atoms with Crippen LogP contribution in [-0.2, 0) is 23.9 Å². The highest BCUT2D eigenvalue weighted by Gasteiger charge is 2.53. The lowest BCUT2D eigenvalue weighted by Crippen LogP contribution is -2.45. The fourth-order valence-electron chi connectivity index (χ4n) is 5.76. The van der Waals surface area contributed by atoms with Crippen molar-refractivity contribution in [3.8, 4) is 0 Å². The largest absolute Gasteiger partial charge is 0.296 e. The van der Waals surface area contributed by atoms with Crippen molar-refractivity contribution in [2.75, 3.05) is 0 Å². The molecule has 0 aliphatic carbocycles. The van der Waals surface area contributed by atoms with Crippen LogP contribution in [0.5, 0.6) is 0 Å². The molecule has 3 heteroatoms. The molecule has 0 saturated heterocycles. The number of aromatic nitrogens is 3. The Bertz CT molecular complexity index is 1330. The van der Waals surface area contributed by atoms with Gasteiger partial charge >= 0.3 is 0 Å². The van der Waals surface area contributed by atoms with Crippen molar-refractivity contribution in [3.05, 3.63) is 53.0 Å². The molecule has 7 rings (SSSR count). The first-order chi connectivity index (χ1) is 11.9. The fourth-order valence-corrected chi connectivity index (χ4v) is 5.76. The standard InChI is InChI=1S/C22H21N3/c1-21(2)14-7-8-23-9-12-5-6-13-10-24-11-15(22(21,3)4)25-18(14)19(23)16(12)17(13)20(24)25/h5-8,11H,9-10H2,1-4H3/q+2. The first kappa shape index (κ1) is 12.9. The van der Waals surface area contributed by atoms with Crippen molar-refractivity contribution in [1.82, 2.24) is 4.40 Å². The van der Waals surface area contributed by atoms with Gasteiger partial charge in [-0.3, -0.25) is 0 Å². The molecule has 25 heavy (non-hydrogen) atoms. The second-order valence-electron chi connectivity index (χ2n) is 9.24. The van der Waals surface area contributed by atoms with Crippen LogP contribution in [0.15, 0.2) is 30.6 Å². The molecular weight excluding hydrogens is 306 g/mol. The average Bonchev–Trinajstić information content (AvgIpc) is 3.21. The van der Waals surface area contributed by atoms with Gasteiger partial charge in [-0.15, -0.1) is 0 Å². The van der Waals surface area contributed by atoms with Crippen LogP contribution in [0, 0.1) is 0 Å². The summed E-state index contributed by atoms with van der Waals surface area (Å²) < 4.78 is 7.56. The van der Waals surface area contributed by atoms with Gasteiger partial charge in [-0.05, 0) is 0 Å². The zero-order valence-corrected chi connectivity index (χ0v) is 15.1. The van der Waals surface area contributed by atoms with Gasteiger partial charge < -0.3 is 0 Å². The van der Waals surface area contributed by atoms with Gasteiger partial charge in [0.05, 0.1) is 10.8 Å². The minimum atomic E-state index is 0.0874. The van der Waals surface area contributed by atoms with Crippen LogP contribution in [0.3, 0.4) is 0 Å². The number of benzene rings is 1. The van der Waals surface area contributed by atoms with Gasteiger partial charge in [0.1, 0.15) is 12.7 Å². The predicted octanol–water partition coefficient (Wildman–Crippen LogP) is 3.11. The first-order valence-electron chi connectivity index (χ1n) is 9.30. The Morgan fingerprint density at radius 2 is 1.60 bits per heavy atom. The number of nitrogens with zero attached hydrogens (tertiary/aromatic N) is 3. The lowest BCUT2D eigenvalue weighted by molar-refractivity contribution is -0.659. The molecule has 6 heterocycles. The highest BCUT2D eigenvalue weighted by atomic mass is 15.2. The first-order valence-corrected chi connectivity index (χ1v) is 9.30. The summed E-state index contributed by atoms with van der Waals surface area (Å²) in [4.78, 5) is 0. The topological polar surface area (TPSA) is 12.2 Å². The molecule has 0 fully saturated rings. The van der Waals surface area contributed by atoms with E-state index in [9.17, 15) is 0 Å². The predicted molar refractivity (Wildman–Crippen MR) is 97.1 cm³/mol. The normalized spacial score (nSPS) is 20.3. The minimum Gasteiger partial charge on any atom is -0.225 e. The van der Waals surface area contributed by atoms with Crippen molar-refractivity contribution >= 4 is 27.5 Å². The second kappa shape index (κ2) is 3.31. The van der Waals surface area contributed by atoms with Crippen LogP contribution in [0.2, 0.25) is 0 Å². The Kier molecular flexibility index (Phi) is 1.70. The van der Waals surface area contributed by atoms with Crippen molar-refractivity contribution in [1.29, 1.82) is 0 Å². The van der Waals surface area contributed by atoms with Gasteiger partial charge in [0.15, 0.2) is 18.4 Å². The SMILES string of the molecule is CC1(C)c2cc[n+]3c4c5c(ccc6c5c5n(c(c[n+]5C6)C1(C)C)c24)C3. The molecule has 3 aromatic heterocycles. The fraction of sp³-hybridized carbons (Fsp3) is 0.364. The van der Waals surface area contributed by atoms with Crippen molar-refractivity contribution in [2.24, 2.45) is 0 Å². The van der Waals surface area contributed by atoms with Crippen molar-refractivity contribution in [2.45, 2.75) is 51.6 Å². The van der Waals surface area contributed by atoms with E-state index in [1.807, 2.05) is 0 Å². The van der Waals surface area contributed by atoms with Crippen LogP contribution < -0.4 is 9.13 Å². The van der Waals surface area contributed by atoms with Crippen LogP contribution in [-0.4, -0.2) is 4.40 Å². The van der Waals surface area contributed by atoms with Gasteiger partial charge in [-0.2, -0.15) is 8.97 Å². The third-order valence-electron chi connectivity index (χ3n) is 7.81. The lowest BCUT2D eigenvalue weighted by Gasteiger charge is -2.42. The van der Waals surface area contributed by atoms with Crippen LogP contribution in [0.4, 0.5) is 0 Å². The third-order valence-corrected chi connectivity index (χ3v) is 7.81. The van der Waals surface area contributed by atoms with E-state index >= 15 is 0 Å². The smallest absolute Gasteiger partial charge is 0.225 e. The number of rotatable bonds is 0. The maximum absolute atomic E-state index is 2.60. The molecule has 0 saturated carbocycles. The zero-order chi connectivity index (χ0) is 16.9. The minimum absolute atomic E-state index is 0.0874. The Hall–Kier alpha value is -2.42. The van der Waals surface area contributed by atoms with E-state index in [-0.39, 0.29) is 10.8 Å². The molecule has 3 aliphatic rings. The summed E-state index contributed by atoms with van der Waals surface area (Å²) in [6.45, 7) is 11.7. The molecule has 3 aliphatic heterocycles. The summed E-state index contributed by atoms with van der Waals surface area (Å²) in [5, 5.41) is 3.00. The van der Waals surface area contributed by atoms with Crippen LogP contribution >= 0.6 is 0 Å². The third kappa shape index (κ3) is 1.05. The number of hydrogen-bond acceptors (Lipinski definition) is 0. The summed E-state index contributed by atoms with van der Waals surface area (Å²) in [5.74, 6) is 0. The molecule has 4 aromatic rings. The molecule has 0 amide bonds. The molecule has 0 unspecified atom stereocenters. The van der Waals surface area contributed by atoms with E-state index in [1.54, 1.807) is 0 Å². The van der Waals surface area contributed by atoms with Crippen LogP contribution in [0.25, 0.3) is 27.5 Å². The van der Waals surface area contributed by atoms with E-state index < -0.39 is 0 Å². The van der Waals surface area contributed by atoms with E-state index in [1.165, 1.54) is 49.8 Å². The highest BCUT2D eigenvalue weighted by Crippen LogP contribution is 2.51. The maximum Gasteiger partial charge on any atom is 0.296 e. The van der Waals surface area contributed by atoms with Crippen molar-refractivity contribution < 1.29 is 9.13 Å². The molecule has 0 radical (unpaired) electrons. The Morgan fingerprint density at radius 1 is 0.880 bits per heavy atom. The van der Waals surface area contributed by atoms with E-state index in [4.69, 9.17) is 0 Å². The summed E-state index contributed by atoms with van der Waals surface area (Å²) in [6.07, 6.45) is 4.75. The van der Waals surface area contributed by atoms with Crippen LogP contribution in [0.1, 0.15) is 50.1 Å². The number of pyridine rings is 2. The van der Waals surface area contributed by atoms with E-state index in [2.05, 4.69) is 71.8 Å². The van der Waals surface area contributed by atoms with Gasteiger partial charge in [0, 0.05) is 33.6 Å². The second-order valence-corrected chi connectivity index (χ2v) is 9.24. The number of hydrogen-bond donors (Lipinski definition) is 0. The molecule has 122 valence electrons. The van der Waals surface area contributed by atoms with Gasteiger partial charge in [-0.1, -0.05) is 39.8 Å². The summed E-state index contributed by atoms with van der Waals surface area (Å²) in [5.41, 5.74) is 10.4. The van der Waals surface area contributed by atoms with Gasteiger partial charge in [0.2, 0.25) is 5.52 Å². The summed E-state index contributed by atoms with van der Waals surface area (Å²) >= 11 is 0. The summed E-state index contributed by atoms with van der Waals surface area (Å²) in [6, 6.07) is 7.09. The molecule has 0 spiro atoms. The highest BCUT2D eigenvalue weighted by molar-refractivity contribution is 6.13.